The number of nitrogens with one attached hydrogen (secondary N) is 1. The Labute approximate surface area is 67.6 Å². The Bertz CT molecular complexity index is 230. The van der Waals surface area contributed by atoms with Gasteiger partial charge in [0.15, 0.2) is 0 Å². The van der Waals surface area contributed by atoms with Crippen molar-refractivity contribution in [3.8, 4) is 0 Å². The summed E-state index contributed by atoms with van der Waals surface area (Å²) < 4.78 is 0. The average Bonchev–Trinajstić information content (AvgIpc) is 2.46. The van der Waals surface area contributed by atoms with E-state index in [0.29, 0.717) is 0 Å². The van der Waals surface area contributed by atoms with Gasteiger partial charge < -0.3 is 4.90 Å². The second kappa shape index (κ2) is 2.67. The van der Waals surface area contributed by atoms with Crippen molar-refractivity contribution in [1.29, 1.82) is 0 Å². The van der Waals surface area contributed by atoms with E-state index in [0.717, 1.165) is 0 Å². The molecule has 11 heavy (non-hydrogen) atoms. The van der Waals surface area contributed by atoms with E-state index in [9.17, 15) is 0 Å². The van der Waals surface area contributed by atoms with Gasteiger partial charge in [0.25, 0.3) is 0 Å². The molecule has 0 fully saturated rings. The van der Waals surface area contributed by atoms with E-state index in [1.165, 1.54) is 19.6 Å². The van der Waals surface area contributed by atoms with Crippen molar-refractivity contribution in [2.45, 2.75) is 20.0 Å². The van der Waals surface area contributed by atoms with Crippen LogP contribution in [0.1, 0.15) is 18.1 Å². The lowest BCUT2D eigenvalue weighted by molar-refractivity contribution is -0.918. The SMILES string of the molecule is CC[NH+]1Cc2ccccc2C1. The predicted molar refractivity (Wildman–Crippen MR) is 45.4 cm³/mol. The Morgan fingerprint density at radius 2 is 1.73 bits per heavy atom. The Hall–Kier alpha value is -0.820. The van der Waals surface area contributed by atoms with Gasteiger partial charge >= 0.3 is 0 Å². The van der Waals surface area contributed by atoms with Gasteiger partial charge in [0.2, 0.25) is 0 Å². The zero-order valence-electron chi connectivity index (χ0n) is 6.93. The number of fused-ring (bicyclic) bond motifs is 1. The van der Waals surface area contributed by atoms with Crippen LogP contribution in [0.15, 0.2) is 24.3 Å². The Morgan fingerprint density at radius 3 is 2.18 bits per heavy atom. The molecule has 1 aliphatic heterocycles. The first-order valence-corrected chi connectivity index (χ1v) is 4.30. The normalized spacial score (nSPS) is 16.8. The molecule has 0 aromatic heterocycles. The van der Waals surface area contributed by atoms with Crippen molar-refractivity contribution >= 4 is 0 Å². The molecule has 0 saturated heterocycles. The second-order valence-electron chi connectivity index (χ2n) is 3.23. The first kappa shape index (κ1) is 6.86. The molecule has 1 aliphatic rings. The fourth-order valence-corrected chi connectivity index (χ4v) is 1.75. The Balaban J connectivity index is 2.27. The second-order valence-corrected chi connectivity index (χ2v) is 3.23. The minimum atomic E-state index is 1.23. The first-order valence-electron chi connectivity index (χ1n) is 4.30. The van der Waals surface area contributed by atoms with E-state index < -0.39 is 0 Å². The van der Waals surface area contributed by atoms with E-state index in [-0.39, 0.29) is 0 Å². The summed E-state index contributed by atoms with van der Waals surface area (Å²) in [5.74, 6) is 0. The minimum Gasteiger partial charge on any atom is -0.328 e. The Morgan fingerprint density at radius 1 is 1.18 bits per heavy atom. The number of rotatable bonds is 1. The fourth-order valence-electron chi connectivity index (χ4n) is 1.75. The number of quaternary nitrogens is 1. The van der Waals surface area contributed by atoms with Crippen LogP contribution >= 0.6 is 0 Å². The van der Waals surface area contributed by atoms with Gasteiger partial charge in [-0.15, -0.1) is 0 Å². The van der Waals surface area contributed by atoms with Gasteiger partial charge in [-0.3, -0.25) is 0 Å². The number of hydrogen-bond donors (Lipinski definition) is 1. The molecule has 1 aromatic carbocycles. The first-order chi connectivity index (χ1) is 5.40. The molecular formula is C10H14N+. The summed E-state index contributed by atoms with van der Waals surface area (Å²) in [6, 6.07) is 8.77. The Kier molecular flexibility index (Phi) is 1.66. The van der Waals surface area contributed by atoms with Crippen LogP contribution in [0.3, 0.4) is 0 Å². The van der Waals surface area contributed by atoms with E-state index in [2.05, 4.69) is 31.2 Å². The van der Waals surface area contributed by atoms with Crippen molar-refractivity contribution < 1.29 is 4.90 Å². The van der Waals surface area contributed by atoms with Crippen LogP contribution in [-0.4, -0.2) is 6.54 Å². The molecule has 1 heterocycles. The lowest BCUT2D eigenvalue weighted by atomic mass is 10.1. The van der Waals surface area contributed by atoms with Crippen molar-refractivity contribution in [3.63, 3.8) is 0 Å². The molecule has 0 amide bonds. The van der Waals surface area contributed by atoms with Crippen LogP contribution in [0.4, 0.5) is 0 Å². The molecule has 1 aromatic rings. The molecule has 1 heteroatoms. The van der Waals surface area contributed by atoms with Gasteiger partial charge in [0, 0.05) is 11.1 Å². The van der Waals surface area contributed by atoms with Crippen molar-refractivity contribution in [2.24, 2.45) is 0 Å². The fraction of sp³-hybridized carbons (Fsp3) is 0.400. The molecule has 1 N–H and O–H groups in total. The molecule has 0 spiro atoms. The summed E-state index contributed by atoms with van der Waals surface area (Å²) in [6.45, 7) is 5.95. The lowest BCUT2D eigenvalue weighted by Crippen LogP contribution is -3.07. The largest absolute Gasteiger partial charge is 0.328 e. The number of hydrogen-bond acceptors (Lipinski definition) is 0. The monoisotopic (exact) mass is 148 g/mol. The molecule has 0 aliphatic carbocycles. The summed E-state index contributed by atoms with van der Waals surface area (Å²) >= 11 is 0. The maximum atomic E-state index is 2.25. The molecule has 0 radical (unpaired) electrons. The third-order valence-corrected chi connectivity index (χ3v) is 2.50. The summed E-state index contributed by atoms with van der Waals surface area (Å²) in [7, 11) is 0. The predicted octanol–water partition coefficient (Wildman–Crippen LogP) is 0.605. The summed E-state index contributed by atoms with van der Waals surface area (Å²) in [4.78, 5) is 1.69. The third-order valence-electron chi connectivity index (χ3n) is 2.50. The molecule has 2 rings (SSSR count). The van der Waals surface area contributed by atoms with Crippen molar-refractivity contribution in [2.75, 3.05) is 6.54 Å². The molecular weight excluding hydrogens is 134 g/mol. The smallest absolute Gasteiger partial charge is 0.104 e. The molecule has 58 valence electrons. The van der Waals surface area contributed by atoms with E-state index >= 15 is 0 Å². The highest BCUT2D eigenvalue weighted by Gasteiger charge is 2.19. The molecule has 0 unspecified atom stereocenters. The quantitative estimate of drug-likeness (QED) is 0.595. The van der Waals surface area contributed by atoms with Gasteiger partial charge in [0.1, 0.15) is 13.1 Å². The standard InChI is InChI=1S/C10H13N/c1-2-11-7-9-5-3-4-6-10(9)8-11/h3-6H,2,7-8H2,1H3/p+1. The molecule has 0 atom stereocenters. The van der Waals surface area contributed by atoms with E-state index in [1.54, 1.807) is 16.0 Å². The van der Waals surface area contributed by atoms with Gasteiger partial charge in [-0.05, 0) is 6.92 Å². The van der Waals surface area contributed by atoms with Crippen LogP contribution in [-0.2, 0) is 13.1 Å². The highest BCUT2D eigenvalue weighted by molar-refractivity contribution is 5.27. The van der Waals surface area contributed by atoms with Crippen LogP contribution in [0.25, 0.3) is 0 Å². The highest BCUT2D eigenvalue weighted by atomic mass is 15.1. The van der Waals surface area contributed by atoms with Gasteiger partial charge in [-0.2, -0.15) is 0 Å². The van der Waals surface area contributed by atoms with Crippen molar-refractivity contribution in [1.82, 2.24) is 0 Å². The molecule has 1 nitrogen and oxygen atoms in total. The van der Waals surface area contributed by atoms with E-state index in [1.807, 2.05) is 0 Å². The molecule has 0 bridgehead atoms. The summed E-state index contributed by atoms with van der Waals surface area (Å²) in [5, 5.41) is 0. The van der Waals surface area contributed by atoms with Crippen LogP contribution < -0.4 is 4.90 Å². The maximum absolute atomic E-state index is 2.25. The molecule has 0 saturated carbocycles. The topological polar surface area (TPSA) is 4.44 Å². The lowest BCUT2D eigenvalue weighted by Gasteiger charge is -2.06. The zero-order valence-corrected chi connectivity index (χ0v) is 6.93. The zero-order chi connectivity index (χ0) is 7.68. The van der Waals surface area contributed by atoms with E-state index in [4.69, 9.17) is 0 Å². The average molecular weight is 148 g/mol. The minimum absolute atomic E-state index is 1.23. The third kappa shape index (κ3) is 1.16. The van der Waals surface area contributed by atoms with Crippen LogP contribution in [0.2, 0.25) is 0 Å². The van der Waals surface area contributed by atoms with Gasteiger partial charge in [0.05, 0.1) is 6.54 Å². The maximum Gasteiger partial charge on any atom is 0.104 e. The van der Waals surface area contributed by atoms with Gasteiger partial charge in [-0.1, -0.05) is 24.3 Å². The van der Waals surface area contributed by atoms with Gasteiger partial charge in [-0.25, -0.2) is 0 Å². The van der Waals surface area contributed by atoms with Crippen LogP contribution in [0, 0.1) is 0 Å². The summed E-state index contributed by atoms with van der Waals surface area (Å²) in [6.07, 6.45) is 0. The number of benzene rings is 1. The summed E-state index contributed by atoms with van der Waals surface area (Å²) in [5.41, 5.74) is 3.09. The van der Waals surface area contributed by atoms with Crippen LogP contribution in [0.5, 0.6) is 0 Å². The van der Waals surface area contributed by atoms with Crippen molar-refractivity contribution in [3.05, 3.63) is 35.4 Å². The highest BCUT2D eigenvalue weighted by Crippen LogP contribution is 2.10.